The molecule has 2 fully saturated rings. The van der Waals surface area contributed by atoms with Gasteiger partial charge in [0.1, 0.15) is 5.82 Å². The van der Waals surface area contributed by atoms with Gasteiger partial charge in [0.05, 0.1) is 30.6 Å². The zero-order chi connectivity index (χ0) is 26.9. The molecule has 1 amide bonds. The summed E-state index contributed by atoms with van der Waals surface area (Å²) in [5, 5.41) is 12.7. The zero-order valence-corrected chi connectivity index (χ0v) is 20.8. The van der Waals surface area contributed by atoms with Gasteiger partial charge in [0.2, 0.25) is 0 Å². The molecule has 1 aromatic carbocycles. The summed E-state index contributed by atoms with van der Waals surface area (Å²) in [5.74, 6) is 0.598. The fourth-order valence-electron chi connectivity index (χ4n) is 4.73. The van der Waals surface area contributed by atoms with Crippen LogP contribution in [0.15, 0.2) is 48.7 Å². The van der Waals surface area contributed by atoms with E-state index < -0.39 is 23.8 Å². The van der Waals surface area contributed by atoms with Gasteiger partial charge in [0.25, 0.3) is 5.91 Å². The molecule has 0 bridgehead atoms. The van der Waals surface area contributed by atoms with Gasteiger partial charge in [0.15, 0.2) is 5.82 Å². The van der Waals surface area contributed by atoms with Crippen LogP contribution in [0.1, 0.15) is 28.0 Å². The monoisotopic (exact) mass is 527 g/mol. The summed E-state index contributed by atoms with van der Waals surface area (Å²) in [5.41, 5.74) is 1.70. The molecule has 0 radical (unpaired) electrons. The summed E-state index contributed by atoms with van der Waals surface area (Å²) in [7, 11) is 0. The van der Waals surface area contributed by atoms with Gasteiger partial charge in [-0.3, -0.25) is 4.79 Å². The summed E-state index contributed by atoms with van der Waals surface area (Å²) in [4.78, 5) is 26.4. The van der Waals surface area contributed by atoms with Crippen molar-refractivity contribution in [1.82, 2.24) is 9.97 Å². The third-order valence-electron chi connectivity index (χ3n) is 6.75. The lowest BCUT2D eigenvalue weighted by Crippen LogP contribution is -2.37. The molecule has 0 spiro atoms. The fraction of sp³-hybridized carbons (Fsp3) is 0.370. The van der Waals surface area contributed by atoms with E-state index in [1.165, 1.54) is 12.1 Å². The highest BCUT2D eigenvalue weighted by Crippen LogP contribution is 2.35. The number of pyridine rings is 2. The number of rotatable bonds is 5. The number of nitrogens with one attached hydrogen (secondary N) is 1. The number of halogens is 3. The second kappa shape index (κ2) is 10.6. The number of aromatic nitrogens is 2. The summed E-state index contributed by atoms with van der Waals surface area (Å²) in [6, 6.07) is 9.89. The van der Waals surface area contributed by atoms with E-state index >= 15 is 0 Å². The first-order chi connectivity index (χ1) is 18.2. The largest absolute Gasteiger partial charge is 0.416 e. The molecule has 200 valence electrons. The Morgan fingerprint density at radius 2 is 1.89 bits per heavy atom. The Labute approximate surface area is 218 Å². The number of ether oxygens (including phenoxy) is 1. The minimum Gasteiger partial charge on any atom is -0.391 e. The predicted molar refractivity (Wildman–Crippen MR) is 137 cm³/mol. The third-order valence-corrected chi connectivity index (χ3v) is 6.75. The van der Waals surface area contributed by atoms with E-state index in [0.29, 0.717) is 57.3 Å². The molecule has 2 saturated heterocycles. The van der Waals surface area contributed by atoms with Gasteiger partial charge in [-0.05, 0) is 55.3 Å². The van der Waals surface area contributed by atoms with Gasteiger partial charge in [0, 0.05) is 49.2 Å². The molecule has 38 heavy (non-hydrogen) atoms. The Balaban J connectivity index is 1.51. The number of amides is 1. The van der Waals surface area contributed by atoms with Crippen LogP contribution in [0.3, 0.4) is 0 Å². The quantitative estimate of drug-likeness (QED) is 0.516. The molecule has 1 unspecified atom stereocenters. The average molecular weight is 528 g/mol. The lowest BCUT2D eigenvalue weighted by Gasteiger charge is -2.30. The molecule has 2 aliphatic rings. The van der Waals surface area contributed by atoms with E-state index in [4.69, 9.17) is 9.72 Å². The number of aryl methyl sites for hydroxylation is 1. The maximum absolute atomic E-state index is 13.2. The van der Waals surface area contributed by atoms with E-state index in [0.717, 1.165) is 34.8 Å². The Hall–Kier alpha value is -3.70. The van der Waals surface area contributed by atoms with Gasteiger partial charge in [-0.2, -0.15) is 13.2 Å². The van der Waals surface area contributed by atoms with Crippen LogP contribution in [0.25, 0.3) is 11.1 Å². The van der Waals surface area contributed by atoms with Gasteiger partial charge in [-0.25, -0.2) is 9.97 Å². The summed E-state index contributed by atoms with van der Waals surface area (Å²) < 4.78 is 45.2. The Kier molecular flexibility index (Phi) is 7.22. The summed E-state index contributed by atoms with van der Waals surface area (Å²) >= 11 is 0. The smallest absolute Gasteiger partial charge is 0.391 e. The molecule has 4 heterocycles. The molecule has 2 N–H and O–H groups in total. The van der Waals surface area contributed by atoms with Crippen LogP contribution in [-0.4, -0.2) is 66.5 Å². The summed E-state index contributed by atoms with van der Waals surface area (Å²) in [6.45, 7) is 5.20. The highest BCUT2D eigenvalue weighted by molar-refractivity contribution is 6.06. The maximum atomic E-state index is 13.2. The Morgan fingerprint density at radius 1 is 1.11 bits per heavy atom. The first-order valence-corrected chi connectivity index (χ1v) is 12.4. The van der Waals surface area contributed by atoms with Crippen LogP contribution in [0.5, 0.6) is 0 Å². The third kappa shape index (κ3) is 5.58. The fourth-order valence-corrected chi connectivity index (χ4v) is 4.73. The number of hydrogen-bond acceptors (Lipinski definition) is 7. The van der Waals surface area contributed by atoms with Gasteiger partial charge in [-0.15, -0.1) is 0 Å². The number of anilines is 3. The average Bonchev–Trinajstić information content (AvgIpc) is 3.36. The van der Waals surface area contributed by atoms with Crippen molar-refractivity contribution in [2.24, 2.45) is 0 Å². The van der Waals surface area contributed by atoms with Gasteiger partial charge >= 0.3 is 6.18 Å². The predicted octanol–water partition coefficient (Wildman–Crippen LogP) is 4.13. The zero-order valence-electron chi connectivity index (χ0n) is 20.8. The minimum atomic E-state index is -4.56. The normalized spacial score (nSPS) is 18.1. The standard InChI is InChI=1S/C27H28F3N5O3/c1-17-22(18-5-7-31-24(14-18)35-8-6-21(36)16-35)15-23(25(32-17)34-9-11-38-12-10-34)33-26(37)19-3-2-4-20(13-19)27(28,29)30/h2-5,7,13-15,21,36H,6,8-12,16H2,1H3,(H,33,37). The number of hydrogen-bond donors (Lipinski definition) is 2. The maximum Gasteiger partial charge on any atom is 0.416 e. The number of β-amino-alcohol motifs (C(OH)–C–C–N with tert-alkyl or cyclic N) is 1. The van der Waals surface area contributed by atoms with Crippen LogP contribution < -0.4 is 15.1 Å². The number of benzene rings is 1. The van der Waals surface area contributed by atoms with E-state index in [-0.39, 0.29) is 5.56 Å². The number of nitrogens with zero attached hydrogens (tertiary/aromatic N) is 4. The first kappa shape index (κ1) is 25.9. The lowest BCUT2D eigenvalue weighted by atomic mass is 10.0. The number of aliphatic hydroxyl groups is 1. The lowest BCUT2D eigenvalue weighted by molar-refractivity contribution is -0.137. The first-order valence-electron chi connectivity index (χ1n) is 12.4. The molecular formula is C27H28F3N5O3. The van der Waals surface area contributed by atoms with Crippen molar-refractivity contribution in [2.75, 3.05) is 54.5 Å². The molecule has 11 heteroatoms. The van der Waals surface area contributed by atoms with Crippen LogP contribution in [0.4, 0.5) is 30.5 Å². The van der Waals surface area contributed by atoms with Crippen molar-refractivity contribution in [3.8, 4) is 11.1 Å². The summed E-state index contributed by atoms with van der Waals surface area (Å²) in [6.07, 6.45) is -2.59. The number of aliphatic hydroxyl groups excluding tert-OH is 1. The molecule has 8 nitrogen and oxygen atoms in total. The minimum absolute atomic E-state index is 0.103. The van der Waals surface area contributed by atoms with E-state index in [2.05, 4.69) is 10.3 Å². The SMILES string of the molecule is Cc1nc(N2CCOCC2)c(NC(=O)c2cccc(C(F)(F)F)c2)cc1-c1ccnc(N2CCC(O)C2)c1. The van der Waals surface area contributed by atoms with Crippen molar-refractivity contribution >= 4 is 23.2 Å². The van der Waals surface area contributed by atoms with Crippen molar-refractivity contribution in [3.05, 3.63) is 65.5 Å². The second-order valence-electron chi connectivity index (χ2n) is 9.42. The number of morpholine rings is 1. The Bertz CT molecular complexity index is 1330. The molecule has 1 atom stereocenters. The van der Waals surface area contributed by atoms with Crippen LogP contribution >= 0.6 is 0 Å². The van der Waals surface area contributed by atoms with E-state index in [9.17, 15) is 23.1 Å². The second-order valence-corrected chi connectivity index (χ2v) is 9.42. The van der Waals surface area contributed by atoms with Crippen LogP contribution in [0.2, 0.25) is 0 Å². The Morgan fingerprint density at radius 3 is 2.61 bits per heavy atom. The van der Waals surface area contributed by atoms with Crippen molar-refractivity contribution in [3.63, 3.8) is 0 Å². The van der Waals surface area contributed by atoms with Crippen molar-refractivity contribution in [1.29, 1.82) is 0 Å². The topological polar surface area (TPSA) is 90.8 Å². The van der Waals surface area contributed by atoms with E-state index in [1.807, 2.05) is 28.9 Å². The van der Waals surface area contributed by atoms with Crippen molar-refractivity contribution in [2.45, 2.75) is 25.6 Å². The van der Waals surface area contributed by atoms with Gasteiger partial charge in [-0.1, -0.05) is 6.07 Å². The van der Waals surface area contributed by atoms with Gasteiger partial charge < -0.3 is 25.0 Å². The number of carbonyl (C=O) groups is 1. The molecule has 3 aromatic rings. The highest BCUT2D eigenvalue weighted by atomic mass is 19.4. The van der Waals surface area contributed by atoms with Crippen LogP contribution in [0, 0.1) is 6.92 Å². The molecule has 0 aliphatic carbocycles. The van der Waals surface area contributed by atoms with Crippen LogP contribution in [-0.2, 0) is 10.9 Å². The molecule has 5 rings (SSSR count). The van der Waals surface area contributed by atoms with E-state index in [1.54, 1.807) is 12.3 Å². The molecule has 2 aliphatic heterocycles. The highest BCUT2D eigenvalue weighted by Gasteiger charge is 2.31. The van der Waals surface area contributed by atoms with Crippen molar-refractivity contribution < 1.29 is 27.8 Å². The molecule has 2 aromatic heterocycles. The number of carbonyl (C=O) groups excluding carboxylic acids is 1. The number of alkyl halides is 3. The molecular weight excluding hydrogens is 499 g/mol. The molecule has 0 saturated carbocycles.